The monoisotopic (exact) mass is 264 g/mol. The van der Waals surface area contributed by atoms with Gasteiger partial charge in [0.1, 0.15) is 5.82 Å². The Balaban J connectivity index is 2.37. The van der Waals surface area contributed by atoms with Gasteiger partial charge in [-0.05, 0) is 25.0 Å². The number of hydrogen-bond donors (Lipinski definition) is 3. The van der Waals surface area contributed by atoms with Crippen molar-refractivity contribution in [3.05, 3.63) is 24.0 Å². The van der Waals surface area contributed by atoms with Crippen LogP contribution in [0.25, 0.3) is 0 Å². The predicted molar refractivity (Wildman–Crippen MR) is 74.9 cm³/mol. The summed E-state index contributed by atoms with van der Waals surface area (Å²) < 4.78 is 13.3. The molecule has 0 amide bonds. The molecule has 1 aliphatic heterocycles. The molecule has 102 valence electrons. The van der Waals surface area contributed by atoms with Gasteiger partial charge in [0.15, 0.2) is 5.96 Å². The molecule has 1 fully saturated rings. The number of nitrogens with two attached hydrogens (primary N) is 3. The maximum absolute atomic E-state index is 13.3. The number of nitrogens with zero attached hydrogens (tertiary/aromatic N) is 3. The lowest BCUT2D eigenvalue weighted by Gasteiger charge is -2.19. The van der Waals surface area contributed by atoms with Gasteiger partial charge in [0.25, 0.3) is 0 Å². The molecule has 0 aromatic heterocycles. The number of halogens is 1. The molecule has 19 heavy (non-hydrogen) atoms. The van der Waals surface area contributed by atoms with Crippen molar-refractivity contribution in [1.29, 1.82) is 0 Å². The Morgan fingerprint density at radius 2 is 1.84 bits per heavy atom. The van der Waals surface area contributed by atoms with E-state index in [2.05, 4.69) is 14.9 Å². The molecule has 2 rings (SSSR count). The lowest BCUT2D eigenvalue weighted by Crippen LogP contribution is -2.26. The summed E-state index contributed by atoms with van der Waals surface area (Å²) in [6.45, 7) is 1.85. The molecule has 1 saturated heterocycles. The van der Waals surface area contributed by atoms with E-state index in [1.165, 1.54) is 12.1 Å². The summed E-state index contributed by atoms with van der Waals surface area (Å²) in [5.41, 5.74) is 17.3. The van der Waals surface area contributed by atoms with Crippen molar-refractivity contribution < 1.29 is 4.39 Å². The Labute approximate surface area is 110 Å². The molecule has 0 spiro atoms. The Hall–Kier alpha value is -2.31. The first-order valence-electron chi connectivity index (χ1n) is 6.04. The summed E-state index contributed by atoms with van der Waals surface area (Å²) in [7, 11) is 0. The first kappa shape index (κ1) is 13.1. The fraction of sp³-hybridized carbons (Fsp3) is 0.333. The Morgan fingerprint density at radius 1 is 1.16 bits per heavy atom. The third kappa shape index (κ3) is 3.34. The molecular weight excluding hydrogens is 247 g/mol. The van der Waals surface area contributed by atoms with Gasteiger partial charge < -0.3 is 22.1 Å². The molecule has 0 unspecified atom stereocenters. The van der Waals surface area contributed by atoms with Gasteiger partial charge in [0.2, 0.25) is 5.96 Å². The Bertz CT molecular complexity index is 515. The molecule has 7 heteroatoms. The third-order valence-electron chi connectivity index (χ3n) is 2.86. The average Bonchev–Trinajstić information content (AvgIpc) is 2.81. The normalized spacial score (nSPS) is 15.6. The summed E-state index contributed by atoms with van der Waals surface area (Å²) in [6.07, 6.45) is 2.23. The standard InChI is InChI=1S/C12H17FN6/c13-8-3-4-10(19-5-1-2-6-19)9(7-8)17-12(16)18-11(14)15/h3-4,7H,1-2,5-6H2,(H6,14,15,16,17,18). The minimum Gasteiger partial charge on any atom is -0.370 e. The third-order valence-corrected chi connectivity index (χ3v) is 2.86. The second-order valence-electron chi connectivity index (χ2n) is 4.33. The van der Waals surface area contributed by atoms with Gasteiger partial charge >= 0.3 is 0 Å². The number of anilines is 1. The van der Waals surface area contributed by atoms with E-state index >= 15 is 0 Å². The molecule has 1 aromatic rings. The Morgan fingerprint density at radius 3 is 2.47 bits per heavy atom. The van der Waals surface area contributed by atoms with Crippen molar-refractivity contribution in [2.75, 3.05) is 18.0 Å². The molecule has 1 aliphatic rings. The van der Waals surface area contributed by atoms with Gasteiger partial charge in [0, 0.05) is 19.2 Å². The van der Waals surface area contributed by atoms with Crippen LogP contribution in [0.5, 0.6) is 0 Å². The fourth-order valence-corrected chi connectivity index (χ4v) is 2.09. The number of hydrogen-bond acceptors (Lipinski definition) is 2. The zero-order chi connectivity index (χ0) is 13.8. The zero-order valence-corrected chi connectivity index (χ0v) is 10.5. The largest absolute Gasteiger partial charge is 0.370 e. The van der Waals surface area contributed by atoms with Crippen LogP contribution in [0.3, 0.4) is 0 Å². The molecule has 6 nitrogen and oxygen atoms in total. The van der Waals surface area contributed by atoms with E-state index in [4.69, 9.17) is 17.2 Å². The van der Waals surface area contributed by atoms with Crippen LogP contribution >= 0.6 is 0 Å². The molecular formula is C12H17FN6. The van der Waals surface area contributed by atoms with Crippen LogP contribution in [0.15, 0.2) is 28.2 Å². The molecule has 0 bridgehead atoms. The highest BCUT2D eigenvalue weighted by Gasteiger charge is 2.16. The molecule has 6 N–H and O–H groups in total. The van der Waals surface area contributed by atoms with Crippen LogP contribution in [0.2, 0.25) is 0 Å². The van der Waals surface area contributed by atoms with Gasteiger partial charge in [-0.1, -0.05) is 0 Å². The van der Waals surface area contributed by atoms with Crippen molar-refractivity contribution in [3.63, 3.8) is 0 Å². The second kappa shape index (κ2) is 5.55. The van der Waals surface area contributed by atoms with Crippen LogP contribution in [0, 0.1) is 5.82 Å². The van der Waals surface area contributed by atoms with E-state index in [0.717, 1.165) is 31.6 Å². The zero-order valence-electron chi connectivity index (χ0n) is 10.5. The number of benzene rings is 1. The van der Waals surface area contributed by atoms with Crippen LogP contribution < -0.4 is 22.1 Å². The molecule has 1 heterocycles. The van der Waals surface area contributed by atoms with Gasteiger partial charge in [-0.15, -0.1) is 0 Å². The summed E-state index contributed by atoms with van der Waals surface area (Å²) in [4.78, 5) is 9.84. The van der Waals surface area contributed by atoms with Gasteiger partial charge in [-0.3, -0.25) is 0 Å². The van der Waals surface area contributed by atoms with E-state index in [9.17, 15) is 4.39 Å². The lowest BCUT2D eigenvalue weighted by atomic mass is 10.2. The first-order valence-corrected chi connectivity index (χ1v) is 6.04. The average molecular weight is 264 g/mol. The van der Waals surface area contributed by atoms with Crippen LogP contribution in [-0.4, -0.2) is 25.0 Å². The van der Waals surface area contributed by atoms with Crippen LogP contribution in [0.4, 0.5) is 15.8 Å². The van der Waals surface area contributed by atoms with Crippen molar-refractivity contribution in [2.24, 2.45) is 27.2 Å². The highest BCUT2D eigenvalue weighted by molar-refractivity contribution is 5.94. The van der Waals surface area contributed by atoms with Gasteiger partial charge in [-0.25, -0.2) is 9.38 Å². The van der Waals surface area contributed by atoms with Crippen LogP contribution in [0.1, 0.15) is 12.8 Å². The van der Waals surface area contributed by atoms with Gasteiger partial charge in [0.05, 0.1) is 11.4 Å². The molecule has 1 aromatic carbocycles. The van der Waals surface area contributed by atoms with E-state index in [-0.39, 0.29) is 17.7 Å². The minimum atomic E-state index is -0.376. The van der Waals surface area contributed by atoms with Crippen molar-refractivity contribution in [3.8, 4) is 0 Å². The number of rotatable bonds is 2. The minimum absolute atomic E-state index is 0.0916. The van der Waals surface area contributed by atoms with E-state index < -0.39 is 0 Å². The summed E-state index contributed by atoms with van der Waals surface area (Å²) in [5.74, 6) is -0.648. The van der Waals surface area contributed by atoms with Crippen molar-refractivity contribution in [1.82, 2.24) is 0 Å². The maximum atomic E-state index is 13.3. The smallest absolute Gasteiger partial charge is 0.223 e. The topological polar surface area (TPSA) is 106 Å². The van der Waals surface area contributed by atoms with Crippen molar-refractivity contribution >= 4 is 23.3 Å². The van der Waals surface area contributed by atoms with E-state index in [1.54, 1.807) is 6.07 Å². The highest BCUT2D eigenvalue weighted by atomic mass is 19.1. The SMILES string of the molecule is NC(N)=NC(N)=Nc1cc(F)ccc1N1CCCC1. The summed E-state index contributed by atoms with van der Waals surface area (Å²) in [5, 5.41) is 0. The highest BCUT2D eigenvalue weighted by Crippen LogP contribution is 2.31. The predicted octanol–water partition coefficient (Wildman–Crippen LogP) is 0.645. The molecule has 0 saturated carbocycles. The summed E-state index contributed by atoms with van der Waals surface area (Å²) >= 11 is 0. The van der Waals surface area contributed by atoms with E-state index in [0.29, 0.717) is 5.69 Å². The maximum Gasteiger partial charge on any atom is 0.223 e. The number of aliphatic imine (C=N–C) groups is 2. The molecule has 0 aliphatic carbocycles. The molecule has 0 radical (unpaired) electrons. The summed E-state index contributed by atoms with van der Waals surface area (Å²) in [6, 6.07) is 4.43. The first-order chi connectivity index (χ1) is 9.06. The quantitative estimate of drug-likeness (QED) is 0.538. The van der Waals surface area contributed by atoms with Crippen LogP contribution in [-0.2, 0) is 0 Å². The fourth-order valence-electron chi connectivity index (χ4n) is 2.09. The second-order valence-corrected chi connectivity index (χ2v) is 4.33. The van der Waals surface area contributed by atoms with Gasteiger partial charge in [-0.2, -0.15) is 4.99 Å². The number of guanidine groups is 2. The lowest BCUT2D eigenvalue weighted by molar-refractivity contribution is 0.628. The van der Waals surface area contributed by atoms with Crippen molar-refractivity contribution in [2.45, 2.75) is 12.8 Å². The molecule has 0 atom stereocenters. The van der Waals surface area contributed by atoms with E-state index in [1.807, 2.05) is 0 Å². The Kier molecular flexibility index (Phi) is 3.84.